The Balaban J connectivity index is 2.81. The van der Waals surface area contributed by atoms with Gasteiger partial charge in [0.1, 0.15) is 0 Å². The first-order valence-corrected chi connectivity index (χ1v) is 2.26. The zero-order valence-corrected chi connectivity index (χ0v) is 4.28. The Kier molecular flexibility index (Phi) is 3.56. The summed E-state index contributed by atoms with van der Waals surface area (Å²) in [5.74, 6) is 0. The molecule has 0 aromatic carbocycles. The summed E-state index contributed by atoms with van der Waals surface area (Å²) in [6.07, 6.45) is 1.28. The van der Waals surface area contributed by atoms with Crippen molar-refractivity contribution in [1.29, 1.82) is 0 Å². The maximum Gasteiger partial charge on any atom is 0.198 e. The van der Waals surface area contributed by atoms with Crippen LogP contribution < -0.4 is 0 Å². The fraction of sp³-hybridized carbons (Fsp3) is 0.800. The number of hydrogen-bond donors (Lipinski definition) is 0. The highest BCUT2D eigenvalue weighted by Crippen LogP contribution is 1.96. The third kappa shape index (κ3) is 5.60. The Morgan fingerprint density at radius 1 is 1.86 bits per heavy atom. The van der Waals surface area contributed by atoms with Gasteiger partial charge in [0.15, 0.2) is 6.29 Å². The van der Waals surface area contributed by atoms with E-state index < -0.39 is 6.17 Å². The molecule has 0 aliphatic heterocycles. The lowest BCUT2D eigenvalue weighted by atomic mass is 10.2. The molecule has 0 aromatic heterocycles. The lowest BCUT2D eigenvalue weighted by Gasteiger charge is -1.90. The Morgan fingerprint density at radius 2 is 2.43 bits per heavy atom. The minimum absolute atomic E-state index is 0.220. The van der Waals surface area contributed by atoms with Crippen LogP contribution in [0.15, 0.2) is 0 Å². The van der Waals surface area contributed by atoms with Gasteiger partial charge in [-0.3, -0.25) is 4.79 Å². The third-order valence-corrected chi connectivity index (χ3v) is 0.644. The molecule has 7 heavy (non-hydrogen) atoms. The first kappa shape index (κ1) is 6.60. The Labute approximate surface area is 42.5 Å². The van der Waals surface area contributed by atoms with Gasteiger partial charge in [-0.05, 0) is 13.3 Å². The lowest BCUT2D eigenvalue weighted by molar-refractivity contribution is 0.344. The highest BCUT2D eigenvalue weighted by Gasteiger charge is 1.94. The van der Waals surface area contributed by atoms with Gasteiger partial charge in [-0.25, -0.2) is 4.39 Å². The molecule has 0 fully saturated rings. The van der Waals surface area contributed by atoms with Gasteiger partial charge in [-0.15, -0.1) is 0 Å². The van der Waals surface area contributed by atoms with Gasteiger partial charge < -0.3 is 0 Å². The zero-order chi connectivity index (χ0) is 5.70. The molecule has 0 amide bonds. The summed E-state index contributed by atoms with van der Waals surface area (Å²) in [4.78, 5) is 9.42. The molecule has 0 N–H and O–H groups in total. The smallest absolute Gasteiger partial charge is 0.198 e. The van der Waals surface area contributed by atoms with Gasteiger partial charge in [-0.2, -0.15) is 0 Å². The number of hydrogen-bond acceptors (Lipinski definition) is 1. The summed E-state index contributed by atoms with van der Waals surface area (Å²) in [5, 5.41) is 0. The van der Waals surface area contributed by atoms with Crippen molar-refractivity contribution in [1.82, 2.24) is 0 Å². The summed E-state index contributed by atoms with van der Waals surface area (Å²) < 4.78 is 11.7. The minimum atomic E-state index is -0.860. The predicted octanol–water partition coefficient (Wildman–Crippen LogP) is 1.23. The van der Waals surface area contributed by atoms with Crippen molar-refractivity contribution in [3.63, 3.8) is 0 Å². The van der Waals surface area contributed by atoms with Gasteiger partial charge in [0.2, 0.25) is 0 Å². The first-order valence-electron chi connectivity index (χ1n) is 2.26. The van der Waals surface area contributed by atoms with Crippen LogP contribution in [0.3, 0.4) is 0 Å². The number of alkyl halides is 1. The summed E-state index contributed by atoms with van der Waals surface area (Å²) >= 11 is 0. The molecule has 0 aliphatic rings. The van der Waals surface area contributed by atoms with Crippen molar-refractivity contribution in [2.45, 2.75) is 25.9 Å². The van der Waals surface area contributed by atoms with Crippen molar-refractivity contribution in [2.75, 3.05) is 0 Å². The second-order valence-electron chi connectivity index (χ2n) is 1.46. The largest absolute Gasteiger partial charge is 0.291 e. The number of carbonyl (C=O) groups excluding carboxylic acids is 1. The van der Waals surface area contributed by atoms with Crippen LogP contribution in [0.4, 0.5) is 4.39 Å². The average molecular weight is 103 g/mol. The van der Waals surface area contributed by atoms with Gasteiger partial charge >= 0.3 is 0 Å². The molecule has 0 bridgehead atoms. The molecule has 0 aromatic rings. The summed E-state index contributed by atoms with van der Waals surface area (Å²) in [5.41, 5.74) is 0. The van der Waals surface area contributed by atoms with E-state index in [1.54, 1.807) is 6.29 Å². The van der Waals surface area contributed by atoms with E-state index in [0.717, 1.165) is 0 Å². The normalized spacial score (nSPS) is 13.4. The second-order valence-corrected chi connectivity index (χ2v) is 1.46. The predicted molar refractivity (Wildman–Crippen MR) is 25.5 cm³/mol. The molecule has 2 heteroatoms. The van der Waals surface area contributed by atoms with Gasteiger partial charge in [-0.1, -0.05) is 0 Å². The fourth-order valence-corrected chi connectivity index (χ4v) is 0.258. The second kappa shape index (κ2) is 3.78. The molecule has 0 heterocycles. The van der Waals surface area contributed by atoms with Crippen LogP contribution in [0.5, 0.6) is 0 Å². The number of halogens is 1. The zero-order valence-electron chi connectivity index (χ0n) is 4.28. The minimum Gasteiger partial charge on any atom is -0.291 e. The fourth-order valence-electron chi connectivity index (χ4n) is 0.258. The molecule has 0 saturated heterocycles. The monoisotopic (exact) mass is 103 g/mol. The summed E-state index contributed by atoms with van der Waals surface area (Å²) in [6, 6.07) is 0. The molecule has 0 rings (SSSR count). The lowest BCUT2D eigenvalue weighted by Crippen LogP contribution is -1.90. The topological polar surface area (TPSA) is 17.1 Å². The maximum absolute atomic E-state index is 11.7. The standard InChI is InChI=1S/C5H8FO/c1-5(6)3-2-4-7/h5H,2-3H2,1H3. The van der Waals surface area contributed by atoms with Crippen LogP contribution >= 0.6 is 0 Å². The highest BCUT2D eigenvalue weighted by atomic mass is 19.1. The van der Waals surface area contributed by atoms with E-state index in [4.69, 9.17) is 0 Å². The molecule has 1 radical (unpaired) electrons. The van der Waals surface area contributed by atoms with Crippen LogP contribution in [0.2, 0.25) is 0 Å². The summed E-state index contributed by atoms with van der Waals surface area (Å²) in [6.45, 7) is 1.43. The molecule has 0 spiro atoms. The Morgan fingerprint density at radius 3 is 2.57 bits per heavy atom. The van der Waals surface area contributed by atoms with E-state index in [-0.39, 0.29) is 6.42 Å². The Hall–Kier alpha value is -0.400. The first-order chi connectivity index (χ1) is 3.27. The Bertz CT molecular complexity index is 52.0. The van der Waals surface area contributed by atoms with E-state index in [2.05, 4.69) is 0 Å². The van der Waals surface area contributed by atoms with Crippen molar-refractivity contribution < 1.29 is 9.18 Å². The van der Waals surface area contributed by atoms with E-state index in [1.807, 2.05) is 0 Å². The molecule has 1 nitrogen and oxygen atoms in total. The van der Waals surface area contributed by atoms with Gasteiger partial charge in [0.05, 0.1) is 6.17 Å². The molecule has 0 aliphatic carbocycles. The van der Waals surface area contributed by atoms with Crippen molar-refractivity contribution in [3.05, 3.63) is 0 Å². The number of rotatable bonds is 3. The quantitative estimate of drug-likeness (QED) is 0.525. The van der Waals surface area contributed by atoms with E-state index in [0.29, 0.717) is 6.42 Å². The van der Waals surface area contributed by atoms with E-state index in [1.165, 1.54) is 6.92 Å². The molecule has 1 unspecified atom stereocenters. The van der Waals surface area contributed by atoms with Gasteiger partial charge in [0.25, 0.3) is 0 Å². The van der Waals surface area contributed by atoms with Gasteiger partial charge in [0, 0.05) is 6.42 Å². The average Bonchev–Trinajstić information content (AvgIpc) is 1.61. The van der Waals surface area contributed by atoms with Crippen molar-refractivity contribution >= 4 is 6.29 Å². The molecule has 1 atom stereocenters. The van der Waals surface area contributed by atoms with Crippen LogP contribution in [0.1, 0.15) is 19.8 Å². The third-order valence-electron chi connectivity index (χ3n) is 0.644. The van der Waals surface area contributed by atoms with Crippen LogP contribution in [-0.2, 0) is 4.79 Å². The van der Waals surface area contributed by atoms with Crippen LogP contribution in [-0.4, -0.2) is 12.5 Å². The van der Waals surface area contributed by atoms with Crippen LogP contribution in [0, 0.1) is 0 Å². The SMILES string of the molecule is CC(F)CC[C]=O. The molecular formula is C5H8FO. The van der Waals surface area contributed by atoms with Crippen molar-refractivity contribution in [3.8, 4) is 0 Å². The highest BCUT2D eigenvalue weighted by molar-refractivity contribution is 5.50. The van der Waals surface area contributed by atoms with E-state index >= 15 is 0 Å². The molecule has 0 saturated carbocycles. The summed E-state index contributed by atoms with van der Waals surface area (Å²) in [7, 11) is 0. The van der Waals surface area contributed by atoms with Crippen molar-refractivity contribution in [2.24, 2.45) is 0 Å². The maximum atomic E-state index is 11.7. The van der Waals surface area contributed by atoms with E-state index in [9.17, 15) is 9.18 Å². The molecule has 41 valence electrons. The van der Waals surface area contributed by atoms with Crippen LogP contribution in [0.25, 0.3) is 0 Å². The molecular weight excluding hydrogens is 95.1 g/mol.